The molecule has 0 nitrogen and oxygen atoms in total. The first-order valence-corrected chi connectivity index (χ1v) is 25.5. The van der Waals surface area contributed by atoms with Crippen molar-refractivity contribution in [1.82, 2.24) is 0 Å². The summed E-state index contributed by atoms with van der Waals surface area (Å²) in [5, 5.41) is 2.56. The van der Waals surface area contributed by atoms with Crippen molar-refractivity contribution >= 4 is 46.3 Å². The maximum absolute atomic E-state index is 14.0. The monoisotopic (exact) mass is 766 g/mol. The molecule has 0 fully saturated rings. The van der Waals surface area contributed by atoms with E-state index in [1.54, 1.807) is 0 Å². The third-order valence-electron chi connectivity index (χ3n) is 9.17. The minimum absolute atomic E-state index is 0.124. The Morgan fingerprint density at radius 3 is 1.96 bits per heavy atom. The van der Waals surface area contributed by atoms with E-state index in [4.69, 9.17) is 17.0 Å². The van der Waals surface area contributed by atoms with Crippen LogP contribution in [0.4, 0.5) is 26.3 Å². The fraction of sp³-hybridized carbons (Fsp3) is 0.278. The predicted octanol–water partition coefficient (Wildman–Crippen LogP) is 9.89. The molecule has 6 rings (SSSR count). The molecule has 240 valence electrons. The number of allylic oxidation sites excluding steroid dienone is 1. The molecule has 0 spiro atoms. The SMILES string of the molecule is CC(C)c1ccc2c(c1-c1cc(C(F)(F)F)cc(C(F)(F)F)c1)C=C(C(C)(C)C)[CH]2[Zr]([Cl])([Cl])[c]1cccc2c1[SiH2]c1ccccc1-2. The zero-order chi connectivity index (χ0) is 33.6. The molecule has 1 heterocycles. The van der Waals surface area contributed by atoms with E-state index in [0.717, 1.165) is 32.1 Å². The number of hydrogen-bond donors (Lipinski definition) is 0. The molecular formula is C36H32Cl2F6SiZr. The molecule has 4 aromatic carbocycles. The van der Waals surface area contributed by atoms with Crippen molar-refractivity contribution in [2.45, 2.75) is 56.5 Å². The van der Waals surface area contributed by atoms with Crippen LogP contribution in [0.2, 0.25) is 0 Å². The summed E-state index contributed by atoms with van der Waals surface area (Å²) in [7, 11) is 14.6. The fourth-order valence-electron chi connectivity index (χ4n) is 7.03. The number of benzene rings is 4. The quantitative estimate of drug-likeness (QED) is 0.126. The van der Waals surface area contributed by atoms with Crippen LogP contribution in [0.3, 0.4) is 0 Å². The third-order valence-corrected chi connectivity index (χ3v) is 23.4. The molecule has 0 bridgehead atoms. The van der Waals surface area contributed by atoms with Gasteiger partial charge in [0.2, 0.25) is 0 Å². The first-order chi connectivity index (χ1) is 21.3. The molecule has 0 radical (unpaired) electrons. The van der Waals surface area contributed by atoms with Gasteiger partial charge >= 0.3 is 281 Å². The van der Waals surface area contributed by atoms with Gasteiger partial charge in [0.1, 0.15) is 0 Å². The van der Waals surface area contributed by atoms with E-state index in [1.807, 2.05) is 77.1 Å². The van der Waals surface area contributed by atoms with Crippen LogP contribution in [-0.2, 0) is 30.2 Å². The van der Waals surface area contributed by atoms with Crippen LogP contribution in [0, 0.1) is 5.41 Å². The summed E-state index contributed by atoms with van der Waals surface area (Å²) in [5.74, 6) is -0.183. The van der Waals surface area contributed by atoms with Crippen molar-refractivity contribution < 1.29 is 44.2 Å². The molecule has 10 heteroatoms. The van der Waals surface area contributed by atoms with Crippen molar-refractivity contribution in [3.05, 3.63) is 106 Å². The molecule has 2 aliphatic rings. The van der Waals surface area contributed by atoms with Gasteiger partial charge in [0.15, 0.2) is 0 Å². The van der Waals surface area contributed by atoms with Gasteiger partial charge in [-0.2, -0.15) is 0 Å². The molecule has 0 N–H and O–H groups in total. The number of fused-ring (bicyclic) bond motifs is 4. The van der Waals surface area contributed by atoms with Gasteiger partial charge in [0, 0.05) is 0 Å². The van der Waals surface area contributed by atoms with E-state index >= 15 is 0 Å². The van der Waals surface area contributed by atoms with Crippen LogP contribution in [0.1, 0.15) is 72.0 Å². The average molecular weight is 769 g/mol. The molecule has 1 aliphatic carbocycles. The Labute approximate surface area is 279 Å². The van der Waals surface area contributed by atoms with Crippen LogP contribution >= 0.6 is 17.0 Å². The molecule has 4 aromatic rings. The second kappa shape index (κ2) is 11.5. The zero-order valence-electron chi connectivity index (χ0n) is 25.9. The van der Waals surface area contributed by atoms with E-state index in [2.05, 4.69) is 18.2 Å². The summed E-state index contributed by atoms with van der Waals surface area (Å²) in [5.41, 5.74) is 2.45. The van der Waals surface area contributed by atoms with E-state index < -0.39 is 59.9 Å². The van der Waals surface area contributed by atoms with Crippen molar-refractivity contribution in [2.24, 2.45) is 5.41 Å². The van der Waals surface area contributed by atoms with Crippen LogP contribution in [0.15, 0.2) is 78.4 Å². The van der Waals surface area contributed by atoms with Crippen molar-refractivity contribution in [3.63, 3.8) is 0 Å². The molecule has 0 saturated carbocycles. The zero-order valence-corrected chi connectivity index (χ0v) is 31.3. The van der Waals surface area contributed by atoms with Crippen molar-refractivity contribution in [3.8, 4) is 22.3 Å². The Kier molecular flexibility index (Phi) is 8.44. The van der Waals surface area contributed by atoms with Crippen molar-refractivity contribution in [2.75, 3.05) is 0 Å². The predicted molar refractivity (Wildman–Crippen MR) is 177 cm³/mol. The van der Waals surface area contributed by atoms with E-state index in [1.165, 1.54) is 15.9 Å². The number of alkyl halides is 6. The van der Waals surface area contributed by atoms with Crippen LogP contribution in [0.25, 0.3) is 28.3 Å². The molecule has 0 saturated heterocycles. The Bertz CT molecular complexity index is 1870. The van der Waals surface area contributed by atoms with Crippen LogP contribution in [-0.4, -0.2) is 9.52 Å². The second-order valence-corrected chi connectivity index (χ2v) is 29.4. The first kappa shape index (κ1) is 33.8. The summed E-state index contributed by atoms with van der Waals surface area (Å²) in [4.78, 5) is 0. The normalized spacial score (nSPS) is 16.9. The summed E-state index contributed by atoms with van der Waals surface area (Å²) in [6, 6.07) is 20.1. The van der Waals surface area contributed by atoms with Gasteiger partial charge in [-0.15, -0.1) is 0 Å². The Morgan fingerprint density at radius 1 is 0.761 bits per heavy atom. The van der Waals surface area contributed by atoms with Crippen LogP contribution in [0.5, 0.6) is 0 Å². The van der Waals surface area contributed by atoms with Crippen LogP contribution < -0.4 is 13.6 Å². The molecule has 46 heavy (non-hydrogen) atoms. The van der Waals surface area contributed by atoms with Gasteiger partial charge in [-0.3, -0.25) is 0 Å². The van der Waals surface area contributed by atoms with Gasteiger partial charge < -0.3 is 0 Å². The van der Waals surface area contributed by atoms with E-state index in [-0.39, 0.29) is 17.5 Å². The number of rotatable bonds is 4. The molecular weight excluding hydrogens is 737 g/mol. The fourth-order valence-corrected chi connectivity index (χ4v) is 24.2. The first-order valence-electron chi connectivity index (χ1n) is 15.1. The Hall–Kier alpha value is -2.12. The van der Waals surface area contributed by atoms with Gasteiger partial charge in [0.05, 0.1) is 0 Å². The second-order valence-electron chi connectivity index (χ2n) is 13.6. The van der Waals surface area contributed by atoms with Gasteiger partial charge in [0.25, 0.3) is 0 Å². The molecule has 0 amide bonds. The Balaban J connectivity index is 1.62. The summed E-state index contributed by atoms with van der Waals surface area (Å²) >= 11 is -4.48. The molecule has 1 unspecified atom stereocenters. The number of halogens is 8. The van der Waals surface area contributed by atoms with E-state index in [9.17, 15) is 26.3 Å². The topological polar surface area (TPSA) is 0 Å². The number of hydrogen-bond acceptors (Lipinski definition) is 0. The van der Waals surface area contributed by atoms with E-state index in [0.29, 0.717) is 16.7 Å². The minimum atomic E-state index is -4.96. The summed E-state index contributed by atoms with van der Waals surface area (Å²) in [6.45, 7) is 9.90. The Morgan fingerprint density at radius 2 is 1.37 bits per heavy atom. The third kappa shape index (κ3) is 5.80. The maximum atomic E-state index is 14.0. The summed E-state index contributed by atoms with van der Waals surface area (Å²) in [6.07, 6.45) is -7.98. The standard InChI is InChI=1S/C24H23F6.C12H9Si.2ClH.Zr/c1-13(2)19-7-6-14-8-16(22(3,4)5)12-20(14)21(19)15-9-17(23(25,26)27)11-18(10-15)24(28,29)30;1-3-7-11-9(5-1)10-6-2-4-8-12(10)13-11;;;/h6-13H,1-5H3;1-7H,13H2;2*1H;/q;;;;+2/p-2. The molecule has 1 atom stereocenters. The summed E-state index contributed by atoms with van der Waals surface area (Å²) < 4.78 is 84.7. The average Bonchev–Trinajstić information content (AvgIpc) is 3.55. The van der Waals surface area contributed by atoms with Crippen molar-refractivity contribution in [1.29, 1.82) is 0 Å². The van der Waals surface area contributed by atoms with Gasteiger partial charge in [-0.25, -0.2) is 0 Å². The van der Waals surface area contributed by atoms with Gasteiger partial charge in [-0.05, 0) is 0 Å². The van der Waals surface area contributed by atoms with Gasteiger partial charge in [-0.1, -0.05) is 0 Å². The molecule has 0 aromatic heterocycles. The molecule has 1 aliphatic heterocycles.